The molecule has 0 amide bonds. The average Bonchev–Trinajstić information content (AvgIpc) is 2.84. The second kappa shape index (κ2) is 7.72. The summed E-state index contributed by atoms with van der Waals surface area (Å²) in [6, 6.07) is 4.78. The molecule has 1 aromatic carbocycles. The van der Waals surface area contributed by atoms with Crippen molar-refractivity contribution in [2.75, 3.05) is 33.2 Å². The van der Waals surface area contributed by atoms with E-state index in [9.17, 15) is 0 Å². The van der Waals surface area contributed by atoms with Gasteiger partial charge >= 0.3 is 0 Å². The molecule has 1 saturated heterocycles. The van der Waals surface area contributed by atoms with Crippen molar-refractivity contribution in [3.05, 3.63) is 82.7 Å². The van der Waals surface area contributed by atoms with Crippen molar-refractivity contribution in [1.29, 1.82) is 0 Å². The standard InChI is InChI=1S/C28H32N4/c1-28(31-18-16-30(2)17-19-31)20-29-14-15-32(28)27-9-5-8-23-25-11-10-21-6-3-4-7-22(21)24(25)12-13-26(23)27/h3-4,6,9-15,20,22H,5,7-8,16-19H2,1-2H3. The third-order valence-electron chi connectivity index (χ3n) is 7.93. The van der Waals surface area contributed by atoms with Gasteiger partial charge in [-0.05, 0) is 55.5 Å². The predicted molar refractivity (Wildman–Crippen MR) is 133 cm³/mol. The molecular formula is C28H32N4. The highest BCUT2D eigenvalue weighted by Gasteiger charge is 2.40. The lowest BCUT2D eigenvalue weighted by atomic mass is 9.75. The van der Waals surface area contributed by atoms with E-state index in [0.29, 0.717) is 5.92 Å². The van der Waals surface area contributed by atoms with Crippen LogP contribution >= 0.6 is 0 Å². The number of likely N-dealkylation sites (N-methyl/N-ethyl adjacent to an activating group) is 1. The molecule has 4 nitrogen and oxygen atoms in total. The van der Waals surface area contributed by atoms with Gasteiger partial charge in [0.1, 0.15) is 5.66 Å². The summed E-state index contributed by atoms with van der Waals surface area (Å²) < 4.78 is 0. The molecule has 4 heteroatoms. The molecule has 2 aliphatic heterocycles. The first-order chi connectivity index (χ1) is 15.6. The first kappa shape index (κ1) is 20.0. The summed E-state index contributed by atoms with van der Waals surface area (Å²) in [5, 5.41) is 0. The van der Waals surface area contributed by atoms with Crippen molar-refractivity contribution in [2.24, 2.45) is 4.99 Å². The van der Waals surface area contributed by atoms with Gasteiger partial charge in [-0.2, -0.15) is 0 Å². The molecule has 0 aromatic heterocycles. The maximum absolute atomic E-state index is 4.59. The molecule has 1 aromatic rings. The lowest BCUT2D eigenvalue weighted by molar-refractivity contribution is 0.0346. The molecule has 5 aliphatic rings. The van der Waals surface area contributed by atoms with Gasteiger partial charge in [-0.3, -0.25) is 9.89 Å². The van der Waals surface area contributed by atoms with Gasteiger partial charge < -0.3 is 9.80 Å². The molecule has 1 fully saturated rings. The van der Waals surface area contributed by atoms with Crippen LogP contribution in [0.4, 0.5) is 0 Å². The first-order valence-electron chi connectivity index (χ1n) is 12.0. The third-order valence-corrected chi connectivity index (χ3v) is 7.93. The average molecular weight is 425 g/mol. The van der Waals surface area contributed by atoms with Crippen LogP contribution in [0.3, 0.4) is 0 Å². The van der Waals surface area contributed by atoms with E-state index in [2.05, 4.69) is 94.7 Å². The number of aliphatic imine (C=N–C) groups is 1. The Morgan fingerprint density at radius 1 is 1.09 bits per heavy atom. The van der Waals surface area contributed by atoms with Crippen LogP contribution in [0.2, 0.25) is 0 Å². The number of hydrogen-bond donors (Lipinski definition) is 0. The van der Waals surface area contributed by atoms with Crippen molar-refractivity contribution in [2.45, 2.75) is 37.8 Å². The molecule has 0 saturated carbocycles. The number of fused-ring (bicyclic) bond motifs is 5. The summed E-state index contributed by atoms with van der Waals surface area (Å²) in [6.45, 7) is 6.63. The van der Waals surface area contributed by atoms with Crippen LogP contribution in [-0.4, -0.2) is 59.8 Å². The molecule has 6 rings (SSSR count). The summed E-state index contributed by atoms with van der Waals surface area (Å²) in [5.41, 5.74) is 8.40. The smallest absolute Gasteiger partial charge is 0.131 e. The van der Waals surface area contributed by atoms with E-state index in [-0.39, 0.29) is 5.66 Å². The SMILES string of the molecule is CN1CCN(C2(C)C=NC=CN2C2=CCCc3c2ccc2c3C=CC3=CC=CCC32)CC1. The maximum atomic E-state index is 4.59. The molecule has 0 radical (unpaired) electrons. The topological polar surface area (TPSA) is 22.1 Å². The summed E-state index contributed by atoms with van der Waals surface area (Å²) in [5.74, 6) is 0.511. The monoisotopic (exact) mass is 424 g/mol. The quantitative estimate of drug-likeness (QED) is 0.681. The third kappa shape index (κ3) is 3.08. The Morgan fingerprint density at radius 2 is 1.97 bits per heavy atom. The van der Waals surface area contributed by atoms with Gasteiger partial charge in [0.25, 0.3) is 0 Å². The number of rotatable bonds is 2. The number of nitrogens with zero attached hydrogens (tertiary/aromatic N) is 4. The van der Waals surface area contributed by atoms with Gasteiger partial charge in [0.05, 0.1) is 0 Å². The van der Waals surface area contributed by atoms with Gasteiger partial charge in [0, 0.05) is 62.0 Å². The van der Waals surface area contributed by atoms with Crippen molar-refractivity contribution in [3.63, 3.8) is 0 Å². The van der Waals surface area contributed by atoms with Crippen LogP contribution in [0.15, 0.2) is 65.5 Å². The van der Waals surface area contributed by atoms with E-state index >= 15 is 0 Å². The second-order valence-electron chi connectivity index (χ2n) is 9.77. The Balaban J connectivity index is 1.39. The van der Waals surface area contributed by atoms with Crippen molar-refractivity contribution in [3.8, 4) is 0 Å². The summed E-state index contributed by atoms with van der Waals surface area (Å²) in [4.78, 5) is 12.1. The molecule has 164 valence electrons. The van der Waals surface area contributed by atoms with Crippen LogP contribution in [0.25, 0.3) is 11.8 Å². The Bertz CT molecular complexity index is 1110. The van der Waals surface area contributed by atoms with Gasteiger partial charge in [-0.25, -0.2) is 0 Å². The molecule has 2 heterocycles. The number of hydrogen-bond acceptors (Lipinski definition) is 4. The van der Waals surface area contributed by atoms with E-state index < -0.39 is 0 Å². The van der Waals surface area contributed by atoms with Crippen LogP contribution in [0.1, 0.15) is 47.9 Å². The number of allylic oxidation sites excluding steroid dienone is 6. The molecule has 32 heavy (non-hydrogen) atoms. The number of benzene rings is 1. The van der Waals surface area contributed by atoms with Gasteiger partial charge in [0.2, 0.25) is 0 Å². The maximum Gasteiger partial charge on any atom is 0.131 e. The molecule has 0 spiro atoms. The summed E-state index contributed by atoms with van der Waals surface area (Å²) >= 11 is 0. The fraction of sp³-hybridized carbons (Fsp3) is 0.393. The van der Waals surface area contributed by atoms with Crippen LogP contribution in [-0.2, 0) is 6.42 Å². The van der Waals surface area contributed by atoms with E-state index in [4.69, 9.17) is 0 Å². The van der Waals surface area contributed by atoms with Crippen molar-refractivity contribution < 1.29 is 0 Å². The van der Waals surface area contributed by atoms with Crippen molar-refractivity contribution in [1.82, 2.24) is 14.7 Å². The highest BCUT2D eigenvalue weighted by molar-refractivity contribution is 5.82. The zero-order valence-corrected chi connectivity index (χ0v) is 19.2. The Morgan fingerprint density at radius 3 is 2.84 bits per heavy atom. The predicted octanol–water partition coefficient (Wildman–Crippen LogP) is 4.79. The van der Waals surface area contributed by atoms with E-state index in [1.165, 1.54) is 33.5 Å². The first-order valence-corrected chi connectivity index (χ1v) is 12.0. The second-order valence-corrected chi connectivity index (χ2v) is 9.77. The van der Waals surface area contributed by atoms with Gasteiger partial charge in [-0.15, -0.1) is 0 Å². The molecule has 0 bridgehead atoms. The Hall–Kier alpha value is -2.69. The lowest BCUT2D eigenvalue weighted by Crippen LogP contribution is -2.62. The minimum absolute atomic E-state index is 0.244. The van der Waals surface area contributed by atoms with Crippen molar-refractivity contribution >= 4 is 18.0 Å². The lowest BCUT2D eigenvalue weighted by Gasteiger charge is -2.50. The Kier molecular flexibility index (Phi) is 4.81. The highest BCUT2D eigenvalue weighted by Crippen LogP contribution is 2.44. The van der Waals surface area contributed by atoms with Crippen LogP contribution < -0.4 is 0 Å². The normalized spacial score (nSPS) is 29.3. The molecule has 2 unspecified atom stereocenters. The zero-order chi connectivity index (χ0) is 21.7. The molecular weight excluding hydrogens is 392 g/mol. The fourth-order valence-electron chi connectivity index (χ4n) is 6.01. The molecule has 0 N–H and O–H groups in total. The highest BCUT2D eigenvalue weighted by atomic mass is 15.4. The van der Waals surface area contributed by atoms with Gasteiger partial charge in [0.15, 0.2) is 0 Å². The minimum atomic E-state index is -0.244. The number of piperazine rings is 1. The Labute approximate surface area is 191 Å². The molecule has 2 atom stereocenters. The summed E-state index contributed by atoms with van der Waals surface area (Å²) in [7, 11) is 2.21. The van der Waals surface area contributed by atoms with Crippen LogP contribution in [0.5, 0.6) is 0 Å². The van der Waals surface area contributed by atoms with Gasteiger partial charge in [-0.1, -0.05) is 48.6 Å². The van der Waals surface area contributed by atoms with E-state index in [1.54, 1.807) is 0 Å². The van der Waals surface area contributed by atoms with Crippen LogP contribution in [0, 0.1) is 0 Å². The molecule has 3 aliphatic carbocycles. The minimum Gasteiger partial charge on any atom is -0.323 e. The van der Waals surface area contributed by atoms with E-state index in [0.717, 1.165) is 45.4 Å². The van der Waals surface area contributed by atoms with E-state index in [1.807, 2.05) is 6.20 Å². The zero-order valence-electron chi connectivity index (χ0n) is 19.2. The largest absolute Gasteiger partial charge is 0.323 e. The summed E-state index contributed by atoms with van der Waals surface area (Å²) in [6.07, 6.45) is 23.5. The fourth-order valence-corrected chi connectivity index (χ4v) is 6.01.